The number of benzene rings is 1. The molecule has 1 aliphatic heterocycles. The molecule has 0 bridgehead atoms. The maximum Gasteiger partial charge on any atom is 0.167 e. The molecular weight excluding hydrogens is 258 g/mol. The number of rotatable bonds is 0. The molecule has 2 rings (SSSR count). The number of halogens is 1. The van der Waals surface area contributed by atoms with Crippen LogP contribution in [0.3, 0.4) is 0 Å². The van der Waals surface area contributed by atoms with Gasteiger partial charge < -0.3 is 37.1 Å². The van der Waals surface area contributed by atoms with Crippen LogP contribution in [0.15, 0.2) is 18.2 Å². The molecule has 0 unspecified atom stereocenters. The second-order valence-electron chi connectivity index (χ2n) is 3.70. The molecule has 1 aromatic carbocycles. The van der Waals surface area contributed by atoms with Crippen molar-refractivity contribution in [1.29, 1.82) is 0 Å². The van der Waals surface area contributed by atoms with Gasteiger partial charge in [-0.3, -0.25) is 0 Å². The lowest BCUT2D eigenvalue weighted by Crippen LogP contribution is -3.00. The normalized spacial score (nSPS) is 16.9. The van der Waals surface area contributed by atoms with Crippen molar-refractivity contribution < 1.29 is 37.1 Å². The molecule has 102 valence electrons. The van der Waals surface area contributed by atoms with Gasteiger partial charge in [-0.25, -0.2) is 0 Å². The third-order valence-corrected chi connectivity index (χ3v) is 2.35. The lowest BCUT2D eigenvalue weighted by Gasteiger charge is -2.14. The van der Waals surface area contributed by atoms with Gasteiger partial charge >= 0.3 is 0 Å². The van der Waals surface area contributed by atoms with Crippen molar-refractivity contribution in [1.82, 2.24) is 0 Å². The first-order valence-corrected chi connectivity index (χ1v) is 5.73. The largest absolute Gasteiger partial charge is 1.00 e. The van der Waals surface area contributed by atoms with E-state index in [4.69, 9.17) is 18.9 Å². The minimum Gasteiger partial charge on any atom is -1.00 e. The zero-order valence-corrected chi connectivity index (χ0v) is 10.9. The molecule has 0 fully saturated rings. The van der Waals surface area contributed by atoms with Crippen LogP contribution < -0.4 is 27.6 Å². The van der Waals surface area contributed by atoms with Gasteiger partial charge in [0.05, 0.1) is 26.4 Å². The minimum absolute atomic E-state index is 0. The predicted molar refractivity (Wildman–Crippen MR) is 61.6 cm³/mol. The maximum atomic E-state index is 5.61. The molecule has 18 heavy (non-hydrogen) atoms. The van der Waals surface area contributed by atoms with Crippen LogP contribution in [0.4, 0.5) is 5.69 Å². The SMILES string of the molecule is [Cl-].[NH3+]c1ccc2c(c1)OCCOCCOCCO2. The average Bonchev–Trinajstić information content (AvgIpc) is 2.31. The van der Waals surface area contributed by atoms with Crippen LogP contribution in [-0.4, -0.2) is 39.6 Å². The summed E-state index contributed by atoms with van der Waals surface area (Å²) in [5.74, 6) is 1.43. The van der Waals surface area contributed by atoms with E-state index in [9.17, 15) is 0 Å². The van der Waals surface area contributed by atoms with Crippen LogP contribution in [0.25, 0.3) is 0 Å². The van der Waals surface area contributed by atoms with E-state index in [0.717, 1.165) is 11.4 Å². The number of quaternary nitrogens is 1. The highest BCUT2D eigenvalue weighted by molar-refractivity contribution is 5.47. The van der Waals surface area contributed by atoms with Gasteiger partial charge in [-0.2, -0.15) is 0 Å². The van der Waals surface area contributed by atoms with Crippen LogP contribution in [0.1, 0.15) is 0 Å². The molecule has 3 N–H and O–H groups in total. The highest BCUT2D eigenvalue weighted by Crippen LogP contribution is 2.28. The van der Waals surface area contributed by atoms with Crippen LogP contribution >= 0.6 is 0 Å². The summed E-state index contributed by atoms with van der Waals surface area (Å²) in [6, 6.07) is 5.62. The molecule has 0 radical (unpaired) electrons. The Hall–Kier alpha value is -1.01. The van der Waals surface area contributed by atoms with E-state index < -0.39 is 0 Å². The van der Waals surface area contributed by atoms with E-state index >= 15 is 0 Å². The van der Waals surface area contributed by atoms with Gasteiger partial charge in [-0.15, -0.1) is 0 Å². The van der Waals surface area contributed by atoms with Crippen molar-refractivity contribution in [3.8, 4) is 11.5 Å². The minimum atomic E-state index is 0. The van der Waals surface area contributed by atoms with Crippen molar-refractivity contribution in [2.45, 2.75) is 0 Å². The summed E-state index contributed by atoms with van der Waals surface area (Å²) < 4.78 is 21.9. The Morgan fingerprint density at radius 1 is 0.778 bits per heavy atom. The van der Waals surface area contributed by atoms with E-state index in [1.807, 2.05) is 18.2 Å². The number of hydrogen-bond acceptors (Lipinski definition) is 4. The molecule has 0 aromatic heterocycles. The lowest BCUT2D eigenvalue weighted by molar-refractivity contribution is -0.254. The molecule has 0 saturated carbocycles. The second kappa shape index (κ2) is 8.16. The predicted octanol–water partition coefficient (Wildman–Crippen LogP) is -2.63. The van der Waals surface area contributed by atoms with E-state index in [1.54, 1.807) is 0 Å². The van der Waals surface area contributed by atoms with Gasteiger partial charge in [0, 0.05) is 12.1 Å². The fraction of sp³-hybridized carbons (Fsp3) is 0.500. The van der Waals surface area contributed by atoms with Gasteiger partial charge in [0.2, 0.25) is 0 Å². The summed E-state index contributed by atoms with van der Waals surface area (Å²) in [7, 11) is 0. The fourth-order valence-corrected chi connectivity index (χ4v) is 1.53. The van der Waals surface area contributed by atoms with Gasteiger partial charge in [0.15, 0.2) is 11.5 Å². The molecule has 1 aliphatic rings. The Kier molecular flexibility index (Phi) is 6.82. The van der Waals surface area contributed by atoms with Crippen molar-refractivity contribution in [2.24, 2.45) is 0 Å². The zero-order valence-electron chi connectivity index (χ0n) is 10.2. The summed E-state index contributed by atoms with van der Waals surface area (Å²) in [6.45, 7) is 3.28. The van der Waals surface area contributed by atoms with Gasteiger partial charge in [0.25, 0.3) is 0 Å². The lowest BCUT2D eigenvalue weighted by atomic mass is 10.3. The molecule has 0 aliphatic carbocycles. The topological polar surface area (TPSA) is 64.6 Å². The van der Waals surface area contributed by atoms with Gasteiger partial charge in [-0.05, 0) is 6.07 Å². The highest BCUT2D eigenvalue weighted by atomic mass is 35.5. The average molecular weight is 276 g/mol. The summed E-state index contributed by atoms with van der Waals surface area (Å²) in [5.41, 5.74) is 4.77. The second-order valence-corrected chi connectivity index (χ2v) is 3.70. The summed E-state index contributed by atoms with van der Waals surface area (Å²) in [6.07, 6.45) is 0. The summed E-state index contributed by atoms with van der Waals surface area (Å²) in [5, 5.41) is 0. The molecular formula is C12H18ClNO4. The fourth-order valence-electron chi connectivity index (χ4n) is 1.53. The van der Waals surface area contributed by atoms with Crippen LogP contribution in [0.5, 0.6) is 11.5 Å². The molecule has 1 aromatic rings. The van der Waals surface area contributed by atoms with Crippen molar-refractivity contribution in [3.63, 3.8) is 0 Å². The molecule has 0 saturated heterocycles. The number of ether oxygens (including phenoxy) is 4. The molecule has 0 amide bonds. The smallest absolute Gasteiger partial charge is 0.167 e. The molecule has 6 heteroatoms. The molecule has 1 heterocycles. The van der Waals surface area contributed by atoms with Gasteiger partial charge in [0.1, 0.15) is 18.9 Å². The van der Waals surface area contributed by atoms with E-state index in [-0.39, 0.29) is 12.4 Å². The summed E-state index contributed by atoms with van der Waals surface area (Å²) in [4.78, 5) is 0. The molecule has 0 spiro atoms. The first-order chi connectivity index (χ1) is 8.36. The zero-order chi connectivity index (χ0) is 11.9. The van der Waals surface area contributed by atoms with Crippen LogP contribution in [0, 0.1) is 0 Å². The molecule has 5 nitrogen and oxygen atoms in total. The Labute approximate surface area is 113 Å². The van der Waals surface area contributed by atoms with Crippen LogP contribution in [0.2, 0.25) is 0 Å². The Morgan fingerprint density at radius 2 is 1.33 bits per heavy atom. The maximum absolute atomic E-state index is 5.61. The first kappa shape index (κ1) is 15.0. The van der Waals surface area contributed by atoms with E-state index in [2.05, 4.69) is 5.73 Å². The number of fused-ring (bicyclic) bond motifs is 1. The van der Waals surface area contributed by atoms with Crippen molar-refractivity contribution >= 4 is 5.69 Å². The Bertz CT molecular complexity index is 362. The highest BCUT2D eigenvalue weighted by Gasteiger charge is 2.08. The van der Waals surface area contributed by atoms with Crippen LogP contribution in [-0.2, 0) is 9.47 Å². The van der Waals surface area contributed by atoms with E-state index in [0.29, 0.717) is 45.4 Å². The summed E-state index contributed by atoms with van der Waals surface area (Å²) >= 11 is 0. The Morgan fingerprint density at radius 3 is 2.00 bits per heavy atom. The quantitative estimate of drug-likeness (QED) is 0.563. The van der Waals surface area contributed by atoms with Gasteiger partial charge in [-0.1, -0.05) is 0 Å². The van der Waals surface area contributed by atoms with E-state index in [1.165, 1.54) is 0 Å². The third-order valence-electron chi connectivity index (χ3n) is 2.35. The third kappa shape index (κ3) is 4.70. The monoisotopic (exact) mass is 275 g/mol. The van der Waals surface area contributed by atoms with Crippen molar-refractivity contribution in [2.75, 3.05) is 39.6 Å². The Balaban J connectivity index is 0.00000162. The standard InChI is InChI=1S/C12H17NO4.ClH/c13-10-1-2-11-12(9-10)17-8-6-15-4-3-14-5-7-16-11;/h1-2,9H,3-8,13H2;1H. The molecule has 0 atom stereocenters. The number of hydrogen-bond donors (Lipinski definition) is 1. The first-order valence-electron chi connectivity index (χ1n) is 5.73. The van der Waals surface area contributed by atoms with Crippen molar-refractivity contribution in [3.05, 3.63) is 18.2 Å².